The largest absolute Gasteiger partial charge is 0.611 e. The predicted molar refractivity (Wildman–Crippen MR) is 67.8 cm³/mol. The molecular weight excluding hydrogens is 254 g/mol. The maximum Gasteiger partial charge on any atom is 0.225 e. The number of nitrogens with zero attached hydrogens (tertiary/aromatic N) is 1. The summed E-state index contributed by atoms with van der Waals surface area (Å²) in [5.41, 5.74) is 1.17. The number of ketones is 1. The van der Waals surface area contributed by atoms with E-state index in [2.05, 4.69) is 6.07 Å². The van der Waals surface area contributed by atoms with Gasteiger partial charge in [-0.2, -0.15) is 5.26 Å². The SMILES string of the molecule is C[S+]([O-])c1sc2c(c1C#N)CC(C)(C)CC2=O. The molecule has 1 aliphatic carbocycles. The van der Waals surface area contributed by atoms with Crippen molar-refractivity contribution in [1.29, 1.82) is 5.26 Å². The van der Waals surface area contributed by atoms with Crippen LogP contribution in [0.15, 0.2) is 4.21 Å². The van der Waals surface area contributed by atoms with Gasteiger partial charge in [-0.3, -0.25) is 4.79 Å². The van der Waals surface area contributed by atoms with Crippen molar-refractivity contribution in [3.63, 3.8) is 0 Å². The second-order valence-corrected chi connectivity index (χ2v) is 7.67. The number of rotatable bonds is 1. The number of carbonyl (C=O) groups excluding carboxylic acids is 1. The average Bonchev–Trinajstić information content (AvgIpc) is 2.54. The zero-order valence-electron chi connectivity index (χ0n) is 9.99. The lowest BCUT2D eigenvalue weighted by Crippen LogP contribution is -2.26. The van der Waals surface area contributed by atoms with Crippen LogP contribution in [0.2, 0.25) is 0 Å². The predicted octanol–water partition coefficient (Wildman–Crippen LogP) is 2.51. The van der Waals surface area contributed by atoms with Gasteiger partial charge in [0.05, 0.1) is 4.88 Å². The number of thiophene rings is 1. The van der Waals surface area contributed by atoms with Crippen molar-refractivity contribution < 1.29 is 9.35 Å². The lowest BCUT2D eigenvalue weighted by atomic mass is 9.75. The maximum atomic E-state index is 12.0. The van der Waals surface area contributed by atoms with E-state index in [1.807, 2.05) is 13.8 Å². The van der Waals surface area contributed by atoms with Crippen LogP contribution < -0.4 is 0 Å². The summed E-state index contributed by atoms with van der Waals surface area (Å²) in [4.78, 5) is 12.7. The van der Waals surface area contributed by atoms with Crippen LogP contribution in [0.4, 0.5) is 0 Å². The van der Waals surface area contributed by atoms with Gasteiger partial charge in [0.15, 0.2) is 5.78 Å². The van der Waals surface area contributed by atoms with Crippen LogP contribution in [0.3, 0.4) is 0 Å². The molecule has 90 valence electrons. The molecule has 0 aliphatic heterocycles. The van der Waals surface area contributed by atoms with Gasteiger partial charge >= 0.3 is 0 Å². The molecule has 0 aromatic carbocycles. The van der Waals surface area contributed by atoms with Gasteiger partial charge in [0.25, 0.3) is 0 Å². The molecule has 1 unspecified atom stereocenters. The molecule has 0 bridgehead atoms. The number of hydrogen-bond donors (Lipinski definition) is 0. The number of Topliss-reactive ketones (excluding diaryl/α,β-unsaturated/α-hetero) is 1. The topological polar surface area (TPSA) is 63.9 Å². The van der Waals surface area contributed by atoms with E-state index in [0.717, 1.165) is 5.56 Å². The van der Waals surface area contributed by atoms with Crippen LogP contribution >= 0.6 is 11.3 Å². The second-order valence-electron chi connectivity index (χ2n) is 5.08. The first-order valence-electron chi connectivity index (χ1n) is 5.28. The summed E-state index contributed by atoms with van der Waals surface area (Å²) in [6.07, 6.45) is 2.76. The number of carbonyl (C=O) groups is 1. The quantitative estimate of drug-likeness (QED) is 0.734. The van der Waals surface area contributed by atoms with Crippen molar-refractivity contribution in [2.45, 2.75) is 30.9 Å². The Labute approximate surface area is 108 Å². The third-order valence-electron chi connectivity index (χ3n) is 2.90. The molecule has 0 saturated heterocycles. The summed E-state index contributed by atoms with van der Waals surface area (Å²) >= 11 is 0.0301. The Balaban J connectivity index is 2.63. The molecule has 0 fully saturated rings. The Bertz CT molecular complexity index is 523. The van der Waals surface area contributed by atoms with Crippen molar-refractivity contribution in [3.8, 4) is 6.07 Å². The minimum atomic E-state index is -1.20. The molecule has 1 atom stereocenters. The molecule has 0 spiro atoms. The highest BCUT2D eigenvalue weighted by molar-refractivity contribution is 7.92. The molecule has 0 N–H and O–H groups in total. The summed E-state index contributed by atoms with van der Waals surface area (Å²) in [5.74, 6) is 0.0782. The number of hydrogen-bond acceptors (Lipinski definition) is 4. The number of nitriles is 1. The minimum absolute atomic E-state index is 0.0782. The summed E-state index contributed by atoms with van der Waals surface area (Å²) in [7, 11) is 0. The van der Waals surface area contributed by atoms with Gasteiger partial charge in [-0.15, -0.1) is 0 Å². The zero-order chi connectivity index (χ0) is 12.8. The van der Waals surface area contributed by atoms with E-state index in [-0.39, 0.29) is 11.2 Å². The fourth-order valence-corrected chi connectivity index (χ4v) is 4.32. The first-order valence-corrected chi connectivity index (χ1v) is 7.65. The molecule has 2 rings (SSSR count). The van der Waals surface area contributed by atoms with E-state index < -0.39 is 11.2 Å². The van der Waals surface area contributed by atoms with Crippen molar-refractivity contribution in [2.75, 3.05) is 6.26 Å². The van der Waals surface area contributed by atoms with E-state index in [0.29, 0.717) is 27.5 Å². The zero-order valence-corrected chi connectivity index (χ0v) is 11.6. The van der Waals surface area contributed by atoms with Crippen molar-refractivity contribution in [1.82, 2.24) is 0 Å². The normalized spacial score (nSPS) is 19.6. The lowest BCUT2D eigenvalue weighted by Gasteiger charge is -2.28. The van der Waals surface area contributed by atoms with Crippen LogP contribution in [-0.4, -0.2) is 16.6 Å². The van der Waals surface area contributed by atoms with Gasteiger partial charge in [0.2, 0.25) is 4.21 Å². The van der Waals surface area contributed by atoms with Crippen molar-refractivity contribution in [2.24, 2.45) is 5.41 Å². The standard InChI is InChI=1S/C12H13NO2S2/c1-12(2)4-7-8(6-13)11(17(3)15)16-10(7)9(14)5-12/h4-5H2,1-3H3. The van der Waals surface area contributed by atoms with Gasteiger partial charge in [-0.1, -0.05) is 25.2 Å². The third-order valence-corrected chi connectivity index (χ3v) is 5.64. The third kappa shape index (κ3) is 2.13. The van der Waals surface area contributed by atoms with Gasteiger partial charge in [-0.05, 0) is 28.6 Å². The smallest absolute Gasteiger partial charge is 0.225 e. The highest BCUT2D eigenvalue weighted by atomic mass is 32.2. The van der Waals surface area contributed by atoms with Crippen LogP contribution in [0.25, 0.3) is 0 Å². The molecule has 0 amide bonds. The average molecular weight is 267 g/mol. The monoisotopic (exact) mass is 267 g/mol. The molecule has 1 aromatic rings. The first-order chi connectivity index (χ1) is 7.85. The van der Waals surface area contributed by atoms with E-state index in [1.54, 1.807) is 6.26 Å². The molecular formula is C12H13NO2S2. The number of fused-ring (bicyclic) bond motifs is 1. The summed E-state index contributed by atoms with van der Waals surface area (Å²) < 4.78 is 12.1. The van der Waals surface area contributed by atoms with Gasteiger partial charge in [0.1, 0.15) is 17.9 Å². The molecule has 0 saturated carbocycles. The van der Waals surface area contributed by atoms with Gasteiger partial charge < -0.3 is 4.55 Å². The second kappa shape index (κ2) is 4.13. The minimum Gasteiger partial charge on any atom is -0.611 e. The summed E-state index contributed by atoms with van der Waals surface area (Å²) in [6, 6.07) is 2.11. The highest BCUT2D eigenvalue weighted by Crippen LogP contribution is 2.42. The van der Waals surface area contributed by atoms with E-state index in [4.69, 9.17) is 0 Å². The van der Waals surface area contributed by atoms with Crippen LogP contribution in [0.5, 0.6) is 0 Å². The van der Waals surface area contributed by atoms with Crippen molar-refractivity contribution >= 4 is 28.3 Å². The Hall–Kier alpha value is -0.830. The van der Waals surface area contributed by atoms with E-state index in [1.165, 1.54) is 11.3 Å². The Morgan fingerprint density at radius 2 is 2.12 bits per heavy atom. The van der Waals surface area contributed by atoms with E-state index >= 15 is 0 Å². The van der Waals surface area contributed by atoms with Crippen LogP contribution in [-0.2, 0) is 17.6 Å². The molecule has 3 nitrogen and oxygen atoms in total. The Morgan fingerprint density at radius 1 is 1.47 bits per heavy atom. The Morgan fingerprint density at radius 3 is 2.65 bits per heavy atom. The first kappa shape index (κ1) is 12.6. The summed E-state index contributed by atoms with van der Waals surface area (Å²) in [5, 5.41) is 9.18. The highest BCUT2D eigenvalue weighted by Gasteiger charge is 2.37. The van der Waals surface area contributed by atoms with Crippen LogP contribution in [0.1, 0.15) is 41.1 Å². The fourth-order valence-electron chi connectivity index (χ4n) is 2.21. The van der Waals surface area contributed by atoms with Gasteiger partial charge in [-0.25, -0.2) is 0 Å². The molecule has 1 aliphatic rings. The molecule has 1 heterocycles. The molecule has 17 heavy (non-hydrogen) atoms. The maximum absolute atomic E-state index is 12.0. The molecule has 5 heteroatoms. The van der Waals surface area contributed by atoms with Crippen LogP contribution in [0, 0.1) is 16.7 Å². The summed E-state index contributed by atoms with van der Waals surface area (Å²) in [6.45, 7) is 4.05. The Kier molecular flexibility index (Phi) is 3.06. The van der Waals surface area contributed by atoms with Crippen molar-refractivity contribution in [3.05, 3.63) is 16.0 Å². The lowest BCUT2D eigenvalue weighted by molar-refractivity contribution is 0.0917. The van der Waals surface area contributed by atoms with Gasteiger partial charge in [0, 0.05) is 6.42 Å². The fraction of sp³-hybridized carbons (Fsp3) is 0.500. The molecule has 0 radical (unpaired) electrons. The van der Waals surface area contributed by atoms with E-state index in [9.17, 15) is 14.6 Å². The molecule has 1 aromatic heterocycles.